The summed E-state index contributed by atoms with van der Waals surface area (Å²) < 4.78 is 5.60. The summed E-state index contributed by atoms with van der Waals surface area (Å²) in [7, 11) is 0. The molecule has 2 rings (SSSR count). The van der Waals surface area contributed by atoms with E-state index in [4.69, 9.17) is 4.74 Å². The highest BCUT2D eigenvalue weighted by atomic mass is 16.5. The highest BCUT2D eigenvalue weighted by Gasteiger charge is 2.23. The Morgan fingerprint density at radius 2 is 2.00 bits per heavy atom. The number of hydrogen-bond donors (Lipinski definition) is 0. The third kappa shape index (κ3) is 1.92. The maximum Gasteiger partial charge on any atom is 0.122 e. The zero-order valence-corrected chi connectivity index (χ0v) is 8.29. The Morgan fingerprint density at radius 1 is 1.29 bits per heavy atom. The minimum absolute atomic E-state index is 0. The van der Waals surface area contributed by atoms with Crippen molar-refractivity contribution in [1.82, 2.24) is 0 Å². The molecule has 0 spiro atoms. The van der Waals surface area contributed by atoms with E-state index in [0.717, 1.165) is 18.8 Å². The van der Waals surface area contributed by atoms with Gasteiger partial charge in [0.25, 0.3) is 0 Å². The van der Waals surface area contributed by atoms with E-state index in [1.54, 1.807) is 0 Å². The fourth-order valence-electron chi connectivity index (χ4n) is 2.06. The lowest BCUT2D eigenvalue weighted by Gasteiger charge is -2.28. The van der Waals surface area contributed by atoms with Gasteiger partial charge in [0.2, 0.25) is 0 Å². The fraction of sp³-hybridized carbons (Fsp3) is 0.538. The normalized spacial score (nSPS) is 19.5. The first-order chi connectivity index (χ1) is 6.29. The molecule has 1 aliphatic heterocycles. The molecule has 1 heteroatoms. The molecule has 0 fully saturated rings. The molecule has 1 nitrogen and oxygen atoms in total. The molecular formula is C13H20O. The third-order valence-corrected chi connectivity index (χ3v) is 2.81. The van der Waals surface area contributed by atoms with Crippen molar-refractivity contribution in [3.05, 3.63) is 29.8 Å². The van der Waals surface area contributed by atoms with Gasteiger partial charge in [0.05, 0.1) is 6.61 Å². The Kier molecular flexibility index (Phi) is 3.56. The lowest BCUT2D eigenvalue weighted by Crippen LogP contribution is -2.17. The van der Waals surface area contributed by atoms with Gasteiger partial charge in [-0.25, -0.2) is 0 Å². The Labute approximate surface area is 87.1 Å². The van der Waals surface area contributed by atoms with Gasteiger partial charge in [-0.15, -0.1) is 0 Å². The highest BCUT2D eigenvalue weighted by Crippen LogP contribution is 2.37. The molecule has 1 unspecified atom stereocenters. The first-order valence-corrected chi connectivity index (χ1v) is 5.01. The van der Waals surface area contributed by atoms with Crippen LogP contribution in [0.2, 0.25) is 0 Å². The van der Waals surface area contributed by atoms with E-state index >= 15 is 0 Å². The topological polar surface area (TPSA) is 9.23 Å². The smallest absolute Gasteiger partial charge is 0.122 e. The lowest BCUT2D eigenvalue weighted by molar-refractivity contribution is 0.247. The average molecular weight is 192 g/mol. The Morgan fingerprint density at radius 3 is 2.71 bits per heavy atom. The van der Waals surface area contributed by atoms with Gasteiger partial charge in [0.1, 0.15) is 5.75 Å². The molecule has 14 heavy (non-hydrogen) atoms. The lowest BCUT2D eigenvalue weighted by atomic mass is 9.84. The molecule has 1 aromatic rings. The molecule has 1 heterocycles. The molecule has 78 valence electrons. The van der Waals surface area contributed by atoms with Gasteiger partial charge >= 0.3 is 0 Å². The summed E-state index contributed by atoms with van der Waals surface area (Å²) in [4.78, 5) is 0. The van der Waals surface area contributed by atoms with E-state index in [0.29, 0.717) is 11.8 Å². The van der Waals surface area contributed by atoms with Crippen LogP contribution < -0.4 is 4.74 Å². The van der Waals surface area contributed by atoms with Crippen molar-refractivity contribution in [2.24, 2.45) is 5.92 Å². The summed E-state index contributed by atoms with van der Waals surface area (Å²) in [5, 5.41) is 0. The molecule has 0 saturated heterocycles. The summed E-state index contributed by atoms with van der Waals surface area (Å²) >= 11 is 0. The monoisotopic (exact) mass is 192 g/mol. The highest BCUT2D eigenvalue weighted by molar-refractivity contribution is 5.37. The summed E-state index contributed by atoms with van der Waals surface area (Å²) in [6.07, 6.45) is 1.16. The fourth-order valence-corrected chi connectivity index (χ4v) is 2.06. The predicted molar refractivity (Wildman–Crippen MR) is 60.9 cm³/mol. The van der Waals surface area contributed by atoms with E-state index in [9.17, 15) is 0 Å². The number of fused-ring (bicyclic) bond motifs is 1. The van der Waals surface area contributed by atoms with E-state index in [1.165, 1.54) is 5.56 Å². The SMILES string of the molecule is C.CC(C)C1CCOc2ccccc21. The van der Waals surface area contributed by atoms with Crippen LogP contribution in [0.4, 0.5) is 0 Å². The van der Waals surface area contributed by atoms with E-state index in [-0.39, 0.29) is 7.43 Å². The third-order valence-electron chi connectivity index (χ3n) is 2.81. The number of ether oxygens (including phenoxy) is 1. The standard InChI is InChI=1S/C12H16O.CH4/c1-9(2)10-7-8-13-12-6-4-3-5-11(10)12;/h3-6,9-10H,7-8H2,1-2H3;1H4. The van der Waals surface area contributed by atoms with E-state index in [1.807, 2.05) is 6.07 Å². The second kappa shape index (κ2) is 4.50. The first-order valence-electron chi connectivity index (χ1n) is 5.01. The van der Waals surface area contributed by atoms with Crippen molar-refractivity contribution >= 4 is 0 Å². The quantitative estimate of drug-likeness (QED) is 0.656. The zero-order chi connectivity index (χ0) is 9.26. The minimum atomic E-state index is 0. The minimum Gasteiger partial charge on any atom is -0.493 e. The molecule has 1 atom stereocenters. The largest absolute Gasteiger partial charge is 0.493 e. The van der Waals surface area contributed by atoms with Gasteiger partial charge in [0.15, 0.2) is 0 Å². The second-order valence-corrected chi connectivity index (χ2v) is 4.03. The van der Waals surface area contributed by atoms with Crippen LogP contribution in [0.5, 0.6) is 5.75 Å². The average Bonchev–Trinajstić information content (AvgIpc) is 2.17. The number of para-hydroxylation sites is 1. The van der Waals surface area contributed by atoms with Crippen LogP contribution in [0.15, 0.2) is 24.3 Å². The first kappa shape index (κ1) is 11.1. The molecule has 0 bridgehead atoms. The van der Waals surface area contributed by atoms with Gasteiger partial charge < -0.3 is 4.74 Å². The number of hydrogen-bond acceptors (Lipinski definition) is 1. The molecule has 0 aromatic heterocycles. The van der Waals surface area contributed by atoms with Gasteiger partial charge in [0, 0.05) is 0 Å². The molecule has 0 aliphatic carbocycles. The molecule has 0 saturated carbocycles. The van der Waals surface area contributed by atoms with Crippen LogP contribution >= 0.6 is 0 Å². The van der Waals surface area contributed by atoms with Crippen molar-refractivity contribution in [3.63, 3.8) is 0 Å². The van der Waals surface area contributed by atoms with Gasteiger partial charge in [-0.3, -0.25) is 0 Å². The Hall–Kier alpha value is -0.980. The summed E-state index contributed by atoms with van der Waals surface area (Å²) in [6, 6.07) is 8.41. The van der Waals surface area contributed by atoms with Crippen LogP contribution in [-0.4, -0.2) is 6.61 Å². The van der Waals surface area contributed by atoms with Gasteiger partial charge in [-0.05, 0) is 29.9 Å². The Balaban J connectivity index is 0.000000980. The molecule has 1 aromatic carbocycles. The zero-order valence-electron chi connectivity index (χ0n) is 8.29. The summed E-state index contributed by atoms with van der Waals surface area (Å²) in [6.45, 7) is 5.44. The maximum absolute atomic E-state index is 5.60. The summed E-state index contributed by atoms with van der Waals surface area (Å²) in [5.41, 5.74) is 1.39. The van der Waals surface area contributed by atoms with Crippen LogP contribution in [0, 0.1) is 5.92 Å². The maximum atomic E-state index is 5.60. The summed E-state index contributed by atoms with van der Waals surface area (Å²) in [5.74, 6) is 2.49. The van der Waals surface area contributed by atoms with E-state index in [2.05, 4.69) is 32.0 Å². The molecule has 1 aliphatic rings. The van der Waals surface area contributed by atoms with Crippen LogP contribution in [-0.2, 0) is 0 Å². The van der Waals surface area contributed by atoms with E-state index < -0.39 is 0 Å². The van der Waals surface area contributed by atoms with Crippen molar-refractivity contribution in [3.8, 4) is 5.75 Å². The van der Waals surface area contributed by atoms with Crippen LogP contribution in [0.1, 0.15) is 39.2 Å². The molecule has 0 radical (unpaired) electrons. The molecule has 0 amide bonds. The van der Waals surface area contributed by atoms with Crippen LogP contribution in [0.3, 0.4) is 0 Å². The number of rotatable bonds is 1. The van der Waals surface area contributed by atoms with Gasteiger partial charge in [-0.2, -0.15) is 0 Å². The Bertz CT molecular complexity index is 291. The van der Waals surface area contributed by atoms with Gasteiger partial charge in [-0.1, -0.05) is 39.5 Å². The van der Waals surface area contributed by atoms with Crippen molar-refractivity contribution in [1.29, 1.82) is 0 Å². The molecule has 0 N–H and O–H groups in total. The van der Waals surface area contributed by atoms with Crippen molar-refractivity contribution in [2.45, 2.75) is 33.6 Å². The molecular weight excluding hydrogens is 172 g/mol. The number of benzene rings is 1. The van der Waals surface area contributed by atoms with Crippen LogP contribution in [0.25, 0.3) is 0 Å². The van der Waals surface area contributed by atoms with Crippen molar-refractivity contribution in [2.75, 3.05) is 6.61 Å². The second-order valence-electron chi connectivity index (χ2n) is 4.03. The predicted octanol–water partition coefficient (Wildman–Crippen LogP) is 3.84. The van der Waals surface area contributed by atoms with Crippen molar-refractivity contribution < 1.29 is 4.74 Å².